The van der Waals surface area contributed by atoms with Crippen molar-refractivity contribution in [1.29, 1.82) is 5.26 Å². The second-order valence-corrected chi connectivity index (χ2v) is 6.86. The molecule has 2 amide bonds. The number of pyridine rings is 1. The molecule has 0 aliphatic carbocycles. The van der Waals surface area contributed by atoms with Crippen LogP contribution in [0.2, 0.25) is 0 Å². The number of carbonyl (C=O) groups is 2. The van der Waals surface area contributed by atoms with Crippen LogP contribution in [0.1, 0.15) is 31.5 Å². The third-order valence-corrected chi connectivity index (χ3v) is 4.90. The molecular formula is C16H18F3N5O2S. The molecule has 1 atom stereocenters. The Kier molecular flexibility index (Phi) is 5.72. The lowest BCUT2D eigenvalue weighted by atomic mass is 10.0. The minimum atomic E-state index is -4.79. The first-order valence-electron chi connectivity index (χ1n) is 7.91. The molecule has 1 fully saturated rings. The number of nitrogens with zero attached hydrogens (tertiary/aromatic N) is 4. The van der Waals surface area contributed by atoms with Crippen molar-refractivity contribution >= 4 is 30.1 Å². The standard InChI is InChI=1S/C16H18F3N5O2S/c1-15(2)13(26)24(14(27)23(15)5-4-12(25)21-3)9-6-10(16(17,18)19)11(7-20)22-8-9/h6,8,14,27H,4-5H2,1-3H3,(H,21,25). The summed E-state index contributed by atoms with van der Waals surface area (Å²) < 4.78 is 39.6. The number of anilines is 1. The third-order valence-electron chi connectivity index (χ3n) is 4.39. The van der Waals surface area contributed by atoms with Crippen molar-refractivity contribution in [3.63, 3.8) is 0 Å². The molecule has 1 aromatic rings. The second kappa shape index (κ2) is 7.36. The number of alkyl halides is 3. The number of hydrogen-bond acceptors (Lipinski definition) is 6. The van der Waals surface area contributed by atoms with E-state index in [-0.39, 0.29) is 24.6 Å². The largest absolute Gasteiger partial charge is 0.419 e. The zero-order chi connectivity index (χ0) is 20.6. The maximum Gasteiger partial charge on any atom is 0.419 e. The maximum atomic E-state index is 13.2. The first-order chi connectivity index (χ1) is 12.4. The van der Waals surface area contributed by atoms with Crippen molar-refractivity contribution in [2.24, 2.45) is 0 Å². The van der Waals surface area contributed by atoms with E-state index in [0.29, 0.717) is 6.07 Å². The number of nitriles is 1. The number of amides is 2. The molecule has 7 nitrogen and oxygen atoms in total. The van der Waals surface area contributed by atoms with E-state index in [0.717, 1.165) is 11.1 Å². The number of hydrogen-bond donors (Lipinski definition) is 2. The Morgan fingerprint density at radius 2 is 2.11 bits per heavy atom. The van der Waals surface area contributed by atoms with Crippen molar-refractivity contribution in [2.75, 3.05) is 18.5 Å². The lowest BCUT2D eigenvalue weighted by Gasteiger charge is -2.30. The zero-order valence-corrected chi connectivity index (χ0v) is 15.7. The van der Waals surface area contributed by atoms with Crippen LogP contribution in [0.3, 0.4) is 0 Å². The Morgan fingerprint density at radius 3 is 2.63 bits per heavy atom. The van der Waals surface area contributed by atoms with E-state index < -0.39 is 34.4 Å². The fraction of sp³-hybridized carbons (Fsp3) is 0.500. The summed E-state index contributed by atoms with van der Waals surface area (Å²) in [5.74, 6) is -0.726. The predicted molar refractivity (Wildman–Crippen MR) is 93.7 cm³/mol. The lowest BCUT2D eigenvalue weighted by molar-refractivity contribution is -0.138. The summed E-state index contributed by atoms with van der Waals surface area (Å²) in [5, 5.41) is 11.3. The van der Waals surface area contributed by atoms with Crippen LogP contribution in [0.25, 0.3) is 0 Å². The topological polar surface area (TPSA) is 89.3 Å². The highest BCUT2D eigenvalue weighted by Crippen LogP contribution is 2.39. The molecule has 0 bridgehead atoms. The Balaban J connectivity index is 2.43. The van der Waals surface area contributed by atoms with Crippen molar-refractivity contribution in [2.45, 2.75) is 37.5 Å². The minimum absolute atomic E-state index is 0.0948. The van der Waals surface area contributed by atoms with E-state index in [1.807, 2.05) is 0 Å². The molecule has 146 valence electrons. The molecule has 1 unspecified atom stereocenters. The van der Waals surface area contributed by atoms with E-state index >= 15 is 0 Å². The molecule has 0 radical (unpaired) electrons. The average Bonchev–Trinajstić information content (AvgIpc) is 2.76. The van der Waals surface area contributed by atoms with Gasteiger partial charge in [0, 0.05) is 20.0 Å². The molecule has 0 spiro atoms. The molecule has 0 aromatic carbocycles. The Bertz CT molecular complexity index is 806. The van der Waals surface area contributed by atoms with Gasteiger partial charge in [-0.05, 0) is 19.9 Å². The van der Waals surface area contributed by atoms with Crippen LogP contribution in [-0.4, -0.2) is 46.3 Å². The highest BCUT2D eigenvalue weighted by Gasteiger charge is 2.51. The van der Waals surface area contributed by atoms with Crippen molar-refractivity contribution in [1.82, 2.24) is 15.2 Å². The molecule has 2 rings (SSSR count). The molecule has 2 heterocycles. The van der Waals surface area contributed by atoms with Gasteiger partial charge < -0.3 is 5.32 Å². The van der Waals surface area contributed by atoms with Gasteiger partial charge in [-0.25, -0.2) is 4.98 Å². The maximum absolute atomic E-state index is 13.2. The van der Waals surface area contributed by atoms with Crippen LogP contribution in [0.5, 0.6) is 0 Å². The van der Waals surface area contributed by atoms with E-state index in [4.69, 9.17) is 5.26 Å². The van der Waals surface area contributed by atoms with Crippen LogP contribution in [0.4, 0.5) is 18.9 Å². The molecule has 27 heavy (non-hydrogen) atoms. The van der Waals surface area contributed by atoms with E-state index in [9.17, 15) is 22.8 Å². The summed E-state index contributed by atoms with van der Waals surface area (Å²) in [6, 6.07) is 2.11. The Morgan fingerprint density at radius 1 is 1.48 bits per heavy atom. The van der Waals surface area contributed by atoms with Gasteiger partial charge in [-0.15, -0.1) is 12.6 Å². The van der Waals surface area contributed by atoms with Crippen molar-refractivity contribution in [3.8, 4) is 6.07 Å². The van der Waals surface area contributed by atoms with E-state index in [2.05, 4.69) is 22.9 Å². The fourth-order valence-electron chi connectivity index (χ4n) is 2.83. The summed E-state index contributed by atoms with van der Waals surface area (Å²) in [7, 11) is 1.48. The van der Waals surface area contributed by atoms with Gasteiger partial charge in [0.1, 0.15) is 11.6 Å². The summed E-state index contributed by atoms with van der Waals surface area (Å²) in [4.78, 5) is 30.6. The highest BCUT2D eigenvalue weighted by atomic mass is 32.1. The molecule has 1 aromatic heterocycles. The van der Waals surface area contributed by atoms with Crippen LogP contribution in [0, 0.1) is 11.3 Å². The van der Waals surface area contributed by atoms with Gasteiger partial charge in [0.05, 0.1) is 23.0 Å². The number of halogens is 3. The predicted octanol–water partition coefficient (Wildman–Crippen LogP) is 1.75. The monoisotopic (exact) mass is 401 g/mol. The molecule has 0 saturated carbocycles. The van der Waals surface area contributed by atoms with Crippen LogP contribution in [0.15, 0.2) is 12.3 Å². The molecule has 1 aliphatic rings. The van der Waals surface area contributed by atoms with Gasteiger partial charge in [0.15, 0.2) is 5.69 Å². The Labute approximate surface area is 159 Å². The number of nitrogens with one attached hydrogen (secondary N) is 1. The first kappa shape index (κ1) is 21.0. The number of aromatic nitrogens is 1. The number of rotatable bonds is 4. The fourth-order valence-corrected chi connectivity index (χ4v) is 3.48. The summed E-state index contributed by atoms with van der Waals surface area (Å²) in [5.41, 5.74) is -4.11. The van der Waals surface area contributed by atoms with Gasteiger partial charge in [0.25, 0.3) is 0 Å². The number of carbonyl (C=O) groups excluding carboxylic acids is 2. The Hall–Kier alpha value is -2.32. The molecule has 1 saturated heterocycles. The van der Waals surface area contributed by atoms with Gasteiger partial charge in [-0.2, -0.15) is 18.4 Å². The van der Waals surface area contributed by atoms with Gasteiger partial charge in [0.2, 0.25) is 11.8 Å². The zero-order valence-electron chi connectivity index (χ0n) is 14.8. The first-order valence-corrected chi connectivity index (χ1v) is 8.43. The highest BCUT2D eigenvalue weighted by molar-refractivity contribution is 7.81. The smallest absolute Gasteiger partial charge is 0.359 e. The van der Waals surface area contributed by atoms with Crippen molar-refractivity contribution < 1.29 is 22.8 Å². The van der Waals surface area contributed by atoms with Crippen molar-refractivity contribution in [3.05, 3.63) is 23.5 Å². The molecular weight excluding hydrogens is 383 g/mol. The average molecular weight is 401 g/mol. The SMILES string of the molecule is CNC(=O)CCN1C(S)N(c2cnc(C#N)c(C(F)(F)F)c2)C(=O)C1(C)C. The molecule has 1 N–H and O–H groups in total. The quantitative estimate of drug-likeness (QED) is 0.751. The summed E-state index contributed by atoms with van der Waals surface area (Å²) in [6.45, 7) is 3.38. The molecule has 11 heteroatoms. The van der Waals surface area contributed by atoms with E-state index in [1.54, 1.807) is 18.7 Å². The summed E-state index contributed by atoms with van der Waals surface area (Å²) >= 11 is 4.38. The van der Waals surface area contributed by atoms with Gasteiger partial charge >= 0.3 is 6.18 Å². The van der Waals surface area contributed by atoms with E-state index in [1.165, 1.54) is 13.1 Å². The van der Waals surface area contributed by atoms with Gasteiger partial charge in [-0.3, -0.25) is 19.4 Å². The molecule has 1 aliphatic heterocycles. The van der Waals surface area contributed by atoms with Crippen LogP contribution >= 0.6 is 12.6 Å². The normalized spacial score (nSPS) is 19.9. The third kappa shape index (κ3) is 3.86. The van der Waals surface area contributed by atoms with Crippen LogP contribution in [-0.2, 0) is 15.8 Å². The number of thiol groups is 1. The minimum Gasteiger partial charge on any atom is -0.359 e. The second-order valence-electron chi connectivity index (χ2n) is 6.40. The van der Waals surface area contributed by atoms with Gasteiger partial charge in [-0.1, -0.05) is 0 Å². The van der Waals surface area contributed by atoms with Crippen LogP contribution < -0.4 is 10.2 Å². The lowest BCUT2D eigenvalue weighted by Crippen LogP contribution is -2.46. The summed E-state index contributed by atoms with van der Waals surface area (Å²) in [6.07, 6.45) is -3.66.